The molecule has 0 radical (unpaired) electrons. The van der Waals surface area contributed by atoms with Crippen LogP contribution in [0.4, 0.5) is 10.2 Å². The van der Waals surface area contributed by atoms with Gasteiger partial charge >= 0.3 is 16.1 Å². The van der Waals surface area contributed by atoms with Crippen LogP contribution in [0.5, 0.6) is 11.5 Å². The molecule has 2 heterocycles. The Balaban J connectivity index is 1.72. The fraction of sp³-hybridized carbons (Fsp3) is 0.167. The van der Waals surface area contributed by atoms with E-state index in [4.69, 9.17) is 25.3 Å². The number of ether oxygens (including phenoxy) is 2. The molecule has 0 aliphatic rings. The number of carbonyl (C=O) groups excluding carboxylic acids is 1. The average Bonchev–Trinajstić information content (AvgIpc) is 3.20. The predicted octanol–water partition coefficient (Wildman–Crippen LogP) is 4.55. The van der Waals surface area contributed by atoms with E-state index < -0.39 is 21.9 Å². The Kier molecular flexibility index (Phi) is 7.32. The molecule has 12 heteroatoms. The zero-order valence-electron chi connectivity index (χ0n) is 19.2. The molecular weight excluding hydrogens is 513 g/mol. The van der Waals surface area contributed by atoms with E-state index in [1.165, 1.54) is 13.2 Å². The number of rotatable bonds is 9. The van der Waals surface area contributed by atoms with Gasteiger partial charge in [0.1, 0.15) is 34.4 Å². The first kappa shape index (κ1) is 25.3. The Hall–Kier alpha value is -3.83. The van der Waals surface area contributed by atoms with Gasteiger partial charge in [-0.3, -0.25) is 9.20 Å². The van der Waals surface area contributed by atoms with Gasteiger partial charge in [-0.1, -0.05) is 11.6 Å². The summed E-state index contributed by atoms with van der Waals surface area (Å²) in [6, 6.07) is 12.2. The molecule has 2 aromatic carbocycles. The Morgan fingerprint density at radius 2 is 1.86 bits per heavy atom. The van der Waals surface area contributed by atoms with Crippen LogP contribution in [0.15, 0.2) is 65.7 Å². The summed E-state index contributed by atoms with van der Waals surface area (Å²) in [6.45, 7) is 1.84. The Bertz CT molecular complexity index is 1520. The third kappa shape index (κ3) is 5.37. The molecule has 0 bridgehead atoms. The van der Waals surface area contributed by atoms with Crippen molar-refractivity contribution in [2.24, 2.45) is 0 Å². The van der Waals surface area contributed by atoms with Crippen molar-refractivity contribution >= 4 is 39.2 Å². The van der Waals surface area contributed by atoms with Crippen LogP contribution >= 0.6 is 11.6 Å². The molecule has 9 nitrogen and oxygen atoms in total. The summed E-state index contributed by atoms with van der Waals surface area (Å²) in [4.78, 5) is 16.4. The largest absolute Gasteiger partial charge is 0.493 e. The van der Waals surface area contributed by atoms with Crippen molar-refractivity contribution in [3.63, 3.8) is 0 Å². The van der Waals surface area contributed by atoms with Crippen molar-refractivity contribution in [3.8, 4) is 22.8 Å². The molecule has 0 saturated heterocycles. The van der Waals surface area contributed by atoms with Crippen molar-refractivity contribution in [2.75, 3.05) is 25.6 Å². The maximum Gasteiger partial charge on any atom is 0.339 e. The van der Waals surface area contributed by atoms with Gasteiger partial charge in [0.2, 0.25) is 0 Å². The van der Waals surface area contributed by atoms with Gasteiger partial charge in [-0.2, -0.15) is 8.42 Å². The predicted molar refractivity (Wildman–Crippen MR) is 132 cm³/mol. The highest BCUT2D eigenvalue weighted by Crippen LogP contribution is 2.37. The number of fused-ring (bicyclic) bond motifs is 1. The molecule has 36 heavy (non-hydrogen) atoms. The van der Waals surface area contributed by atoms with E-state index in [-0.39, 0.29) is 29.5 Å². The molecule has 0 saturated carbocycles. The zero-order chi connectivity index (χ0) is 25.9. The van der Waals surface area contributed by atoms with Crippen LogP contribution in [-0.4, -0.2) is 44.0 Å². The number of pyridine rings is 1. The van der Waals surface area contributed by atoms with Gasteiger partial charge in [-0.15, -0.1) is 0 Å². The van der Waals surface area contributed by atoms with Crippen LogP contribution < -0.4 is 14.2 Å². The van der Waals surface area contributed by atoms with Crippen LogP contribution in [0.2, 0.25) is 5.02 Å². The van der Waals surface area contributed by atoms with Gasteiger partial charge in [0.05, 0.1) is 18.7 Å². The number of aromatic nitrogens is 2. The SMILES string of the molecule is CCOC(=O)CNc1c(-c2ccc(OS(=O)(=O)c3ccc(F)cc3)c(OC)c2)nc2ccc(Cl)cn12. The minimum atomic E-state index is -4.24. The molecule has 2 aromatic heterocycles. The number of esters is 1. The zero-order valence-corrected chi connectivity index (χ0v) is 20.8. The number of imidazole rings is 1. The van der Waals surface area contributed by atoms with Gasteiger partial charge in [-0.05, 0) is 61.5 Å². The summed E-state index contributed by atoms with van der Waals surface area (Å²) in [5, 5.41) is 3.49. The topological polar surface area (TPSA) is 108 Å². The van der Waals surface area contributed by atoms with Gasteiger partial charge in [0, 0.05) is 11.8 Å². The molecule has 0 atom stereocenters. The van der Waals surface area contributed by atoms with E-state index in [1.54, 1.807) is 41.8 Å². The molecule has 188 valence electrons. The standard InChI is InChI=1S/C24H21ClFN3O6S/c1-3-34-22(30)13-27-24-23(28-21-11-5-16(25)14-29(21)24)15-4-10-19(20(12-15)33-2)35-36(31,32)18-8-6-17(26)7-9-18/h4-12,14,27H,3,13H2,1-2H3. The van der Waals surface area contributed by atoms with E-state index in [2.05, 4.69) is 10.3 Å². The highest BCUT2D eigenvalue weighted by Gasteiger charge is 2.22. The quantitative estimate of drug-likeness (QED) is 0.247. The summed E-state index contributed by atoms with van der Waals surface area (Å²) in [5.74, 6) is -0.511. The molecule has 1 N–H and O–H groups in total. The number of halogens is 2. The summed E-state index contributed by atoms with van der Waals surface area (Å²) in [6.07, 6.45) is 1.64. The number of nitrogens with zero attached hydrogens (tertiary/aromatic N) is 2. The minimum absolute atomic E-state index is 0.0709. The summed E-state index contributed by atoms with van der Waals surface area (Å²) >= 11 is 6.17. The van der Waals surface area contributed by atoms with E-state index in [0.717, 1.165) is 24.3 Å². The lowest BCUT2D eigenvalue weighted by atomic mass is 10.1. The Morgan fingerprint density at radius 1 is 1.11 bits per heavy atom. The molecule has 0 aliphatic heterocycles. The van der Waals surface area contributed by atoms with E-state index in [1.807, 2.05) is 0 Å². The molecule has 0 amide bonds. The van der Waals surface area contributed by atoms with Crippen molar-refractivity contribution in [3.05, 3.63) is 71.6 Å². The maximum absolute atomic E-state index is 13.2. The van der Waals surface area contributed by atoms with Crippen LogP contribution in [0.3, 0.4) is 0 Å². The van der Waals surface area contributed by atoms with Crippen LogP contribution in [0, 0.1) is 5.82 Å². The van der Waals surface area contributed by atoms with Crippen LogP contribution in [0.25, 0.3) is 16.9 Å². The van der Waals surface area contributed by atoms with Gasteiger partial charge in [-0.25, -0.2) is 9.37 Å². The van der Waals surface area contributed by atoms with Crippen molar-refractivity contribution in [2.45, 2.75) is 11.8 Å². The van der Waals surface area contributed by atoms with Crippen LogP contribution in [0.1, 0.15) is 6.92 Å². The van der Waals surface area contributed by atoms with Crippen molar-refractivity contribution in [1.29, 1.82) is 0 Å². The molecule has 0 spiro atoms. The number of hydrogen-bond acceptors (Lipinski definition) is 8. The van der Waals surface area contributed by atoms with Crippen molar-refractivity contribution in [1.82, 2.24) is 9.38 Å². The van der Waals surface area contributed by atoms with E-state index in [0.29, 0.717) is 27.7 Å². The smallest absolute Gasteiger partial charge is 0.339 e. The molecule has 0 unspecified atom stereocenters. The number of anilines is 1. The first-order chi connectivity index (χ1) is 17.2. The van der Waals surface area contributed by atoms with Gasteiger partial charge in [0.15, 0.2) is 11.5 Å². The van der Waals surface area contributed by atoms with E-state index >= 15 is 0 Å². The fourth-order valence-corrected chi connectivity index (χ4v) is 4.51. The fourth-order valence-electron chi connectivity index (χ4n) is 3.41. The Labute approximate surface area is 211 Å². The molecule has 4 rings (SSSR count). The lowest BCUT2D eigenvalue weighted by molar-refractivity contribution is -0.140. The third-order valence-corrected chi connectivity index (χ3v) is 6.50. The highest BCUT2D eigenvalue weighted by atomic mass is 35.5. The Morgan fingerprint density at radius 3 is 2.56 bits per heavy atom. The number of hydrogen-bond donors (Lipinski definition) is 1. The lowest BCUT2D eigenvalue weighted by Crippen LogP contribution is -2.17. The summed E-state index contributed by atoms with van der Waals surface area (Å²) in [5.41, 5.74) is 1.55. The van der Waals surface area contributed by atoms with Gasteiger partial charge < -0.3 is 19.0 Å². The number of methoxy groups -OCH3 is 1. The summed E-state index contributed by atoms with van der Waals surface area (Å²) in [7, 11) is -2.88. The monoisotopic (exact) mass is 533 g/mol. The molecule has 0 fully saturated rings. The van der Waals surface area contributed by atoms with E-state index in [9.17, 15) is 17.6 Å². The molecular formula is C24H21ClFN3O6S. The molecule has 0 aliphatic carbocycles. The lowest BCUT2D eigenvalue weighted by Gasteiger charge is -2.13. The maximum atomic E-state index is 13.2. The van der Waals surface area contributed by atoms with Gasteiger partial charge in [0.25, 0.3) is 0 Å². The first-order valence-electron chi connectivity index (χ1n) is 10.7. The number of carbonyl (C=O) groups is 1. The second kappa shape index (κ2) is 10.4. The first-order valence-corrected chi connectivity index (χ1v) is 12.5. The van der Waals surface area contributed by atoms with Crippen LogP contribution in [-0.2, 0) is 19.6 Å². The average molecular weight is 534 g/mol. The third-order valence-electron chi connectivity index (χ3n) is 5.03. The highest BCUT2D eigenvalue weighted by molar-refractivity contribution is 7.87. The number of benzene rings is 2. The van der Waals surface area contributed by atoms with Crippen molar-refractivity contribution < 1.29 is 31.3 Å². The molecule has 4 aromatic rings. The second-order valence-corrected chi connectivity index (χ2v) is 9.38. The summed E-state index contributed by atoms with van der Waals surface area (Å²) < 4.78 is 55.8. The number of nitrogens with one attached hydrogen (secondary N) is 1. The minimum Gasteiger partial charge on any atom is -0.493 e. The normalized spacial score (nSPS) is 11.3. The second-order valence-electron chi connectivity index (χ2n) is 7.40.